The average Bonchev–Trinajstić information content (AvgIpc) is 2.96. The van der Waals surface area contributed by atoms with Gasteiger partial charge in [0.2, 0.25) is 0 Å². The Hall–Kier alpha value is -3.86. The van der Waals surface area contributed by atoms with Crippen LogP contribution in [-0.4, -0.2) is 77.8 Å². The van der Waals surface area contributed by atoms with E-state index in [1.807, 2.05) is 6.92 Å². The monoisotopic (exact) mass is 569 g/mol. The number of likely N-dealkylation sites (N-methyl/N-ethyl adjacent to an activating group) is 1. The molecule has 1 fully saturated rings. The zero-order valence-electron chi connectivity index (χ0n) is 23.9. The van der Waals surface area contributed by atoms with E-state index in [0.29, 0.717) is 11.4 Å². The highest BCUT2D eigenvalue weighted by atomic mass is 19.1. The Balaban J connectivity index is 1.58. The lowest BCUT2D eigenvalue weighted by molar-refractivity contribution is 0.0373. The summed E-state index contributed by atoms with van der Waals surface area (Å²) in [5, 5.41) is 18.5. The van der Waals surface area contributed by atoms with Gasteiger partial charge in [-0.3, -0.25) is 4.79 Å². The van der Waals surface area contributed by atoms with Crippen LogP contribution in [0.15, 0.2) is 42.5 Å². The second-order valence-corrected chi connectivity index (χ2v) is 11.1. The Morgan fingerprint density at radius 1 is 1.12 bits per heavy atom. The maximum atomic E-state index is 13.7. The minimum absolute atomic E-state index is 0.0961. The van der Waals surface area contributed by atoms with Crippen molar-refractivity contribution in [3.63, 3.8) is 0 Å². The summed E-state index contributed by atoms with van der Waals surface area (Å²) in [6.07, 6.45) is 4.60. The molecule has 1 saturated carbocycles. The SMILES string of the molecule is C[C@H]1CN([C@@H](C)CO)C(=O)c2cccc(NC(=O)NC3CCCCC3)c2O[C@H]1CN(C)C(=O)Nc1ccc(F)cc1. The minimum Gasteiger partial charge on any atom is -0.485 e. The summed E-state index contributed by atoms with van der Waals surface area (Å²) in [5.74, 6) is -0.743. The molecule has 0 saturated heterocycles. The molecule has 1 aliphatic heterocycles. The molecule has 222 valence electrons. The van der Waals surface area contributed by atoms with Gasteiger partial charge in [0.25, 0.3) is 5.91 Å². The number of ether oxygens (including phenoxy) is 1. The number of carbonyl (C=O) groups is 3. The Labute approximate surface area is 240 Å². The number of anilines is 2. The summed E-state index contributed by atoms with van der Waals surface area (Å²) in [4.78, 5) is 42.6. The average molecular weight is 570 g/mol. The molecule has 1 heterocycles. The predicted octanol–water partition coefficient (Wildman–Crippen LogP) is 4.66. The van der Waals surface area contributed by atoms with Crippen molar-refractivity contribution in [2.75, 3.05) is 37.4 Å². The molecule has 41 heavy (non-hydrogen) atoms. The van der Waals surface area contributed by atoms with Crippen LogP contribution < -0.4 is 20.7 Å². The third-order valence-electron chi connectivity index (χ3n) is 7.78. The van der Waals surface area contributed by atoms with Crippen molar-refractivity contribution in [3.8, 4) is 5.75 Å². The molecule has 10 nitrogen and oxygen atoms in total. The van der Waals surface area contributed by atoms with Crippen molar-refractivity contribution in [1.29, 1.82) is 0 Å². The van der Waals surface area contributed by atoms with Gasteiger partial charge in [-0.05, 0) is 56.2 Å². The van der Waals surface area contributed by atoms with E-state index in [2.05, 4.69) is 16.0 Å². The standard InChI is InChI=1S/C30H40FN5O5/c1-19-16-36(20(2)18-37)28(38)24-10-7-11-25(34-29(39)32-22-8-5-4-6-9-22)27(24)41-26(19)17-35(3)30(40)33-23-14-12-21(31)13-15-23/h7,10-15,19-20,22,26,37H,4-6,8-9,16-18H2,1-3H3,(H,33,40)(H2,32,34,39)/t19-,20-,26-/m0/s1. The summed E-state index contributed by atoms with van der Waals surface area (Å²) in [6.45, 7) is 3.91. The highest BCUT2D eigenvalue weighted by molar-refractivity contribution is 6.01. The molecule has 11 heteroatoms. The molecule has 4 N–H and O–H groups in total. The largest absolute Gasteiger partial charge is 0.485 e. The van der Waals surface area contributed by atoms with Crippen LogP contribution in [0.3, 0.4) is 0 Å². The number of fused-ring (bicyclic) bond motifs is 1. The summed E-state index contributed by atoms with van der Waals surface area (Å²) in [5.41, 5.74) is 1.05. The van der Waals surface area contributed by atoms with E-state index in [1.165, 1.54) is 35.6 Å². The van der Waals surface area contributed by atoms with Crippen LogP contribution in [0.5, 0.6) is 5.75 Å². The van der Waals surface area contributed by atoms with Gasteiger partial charge in [0, 0.05) is 31.2 Å². The number of hydrogen-bond donors (Lipinski definition) is 4. The van der Waals surface area contributed by atoms with E-state index in [-0.39, 0.29) is 54.9 Å². The lowest BCUT2D eigenvalue weighted by Crippen LogP contribution is -2.50. The van der Waals surface area contributed by atoms with Crippen LogP contribution in [0, 0.1) is 11.7 Å². The number of nitrogens with one attached hydrogen (secondary N) is 3. The van der Waals surface area contributed by atoms with Crippen molar-refractivity contribution >= 4 is 29.3 Å². The zero-order valence-corrected chi connectivity index (χ0v) is 23.9. The van der Waals surface area contributed by atoms with Gasteiger partial charge in [-0.1, -0.05) is 32.3 Å². The number of aliphatic hydroxyl groups excluding tert-OH is 1. The lowest BCUT2D eigenvalue weighted by Gasteiger charge is -2.38. The van der Waals surface area contributed by atoms with Gasteiger partial charge in [-0.2, -0.15) is 0 Å². The minimum atomic E-state index is -0.566. The number of benzene rings is 2. The van der Waals surface area contributed by atoms with Gasteiger partial charge in [-0.15, -0.1) is 0 Å². The van der Waals surface area contributed by atoms with Crippen molar-refractivity contribution in [2.24, 2.45) is 5.92 Å². The van der Waals surface area contributed by atoms with Gasteiger partial charge in [0.1, 0.15) is 11.9 Å². The molecular weight excluding hydrogens is 529 g/mol. The predicted molar refractivity (Wildman–Crippen MR) is 155 cm³/mol. The fourth-order valence-electron chi connectivity index (χ4n) is 5.26. The van der Waals surface area contributed by atoms with Gasteiger partial charge < -0.3 is 35.6 Å². The van der Waals surface area contributed by atoms with E-state index in [0.717, 1.165) is 25.7 Å². The van der Waals surface area contributed by atoms with E-state index in [1.54, 1.807) is 37.1 Å². The number of aliphatic hydroxyl groups is 1. The summed E-state index contributed by atoms with van der Waals surface area (Å²) in [6, 6.07) is 9.33. The van der Waals surface area contributed by atoms with Gasteiger partial charge in [0.05, 0.1) is 30.4 Å². The Morgan fingerprint density at radius 2 is 1.83 bits per heavy atom. The van der Waals surface area contributed by atoms with Gasteiger partial charge in [-0.25, -0.2) is 14.0 Å². The summed E-state index contributed by atoms with van der Waals surface area (Å²) < 4.78 is 19.8. The van der Waals surface area contributed by atoms with Crippen LogP contribution in [0.2, 0.25) is 0 Å². The summed E-state index contributed by atoms with van der Waals surface area (Å²) >= 11 is 0. The van der Waals surface area contributed by atoms with Crippen molar-refractivity contribution in [1.82, 2.24) is 15.1 Å². The maximum absolute atomic E-state index is 13.7. The van der Waals surface area contributed by atoms with Crippen LogP contribution in [0.4, 0.5) is 25.4 Å². The quantitative estimate of drug-likeness (QED) is 0.386. The van der Waals surface area contributed by atoms with Gasteiger partial charge >= 0.3 is 12.1 Å². The second-order valence-electron chi connectivity index (χ2n) is 11.1. The first-order chi connectivity index (χ1) is 19.7. The first-order valence-corrected chi connectivity index (χ1v) is 14.2. The van der Waals surface area contributed by atoms with Crippen LogP contribution in [0.1, 0.15) is 56.3 Å². The number of hydrogen-bond acceptors (Lipinski definition) is 5. The number of carbonyl (C=O) groups excluding carboxylic acids is 3. The van der Waals surface area contributed by atoms with E-state index >= 15 is 0 Å². The molecule has 5 amide bonds. The number of nitrogens with zero attached hydrogens (tertiary/aromatic N) is 2. The number of amides is 5. The van der Waals surface area contributed by atoms with E-state index < -0.39 is 24.0 Å². The Morgan fingerprint density at radius 3 is 2.51 bits per heavy atom. The molecule has 0 radical (unpaired) electrons. The first-order valence-electron chi connectivity index (χ1n) is 14.2. The molecule has 3 atom stereocenters. The topological polar surface area (TPSA) is 123 Å². The lowest BCUT2D eigenvalue weighted by atomic mass is 9.96. The first kappa shape index (κ1) is 30.1. The molecule has 0 bridgehead atoms. The molecule has 0 aromatic heterocycles. The number of para-hydroxylation sites is 1. The van der Waals surface area contributed by atoms with Crippen molar-refractivity contribution in [2.45, 2.75) is 64.1 Å². The third-order valence-corrected chi connectivity index (χ3v) is 7.78. The van der Waals surface area contributed by atoms with Crippen LogP contribution in [0.25, 0.3) is 0 Å². The normalized spacial score (nSPS) is 20.1. The van der Waals surface area contributed by atoms with Gasteiger partial charge in [0.15, 0.2) is 5.75 Å². The Kier molecular flexibility index (Phi) is 10.0. The molecule has 2 aromatic carbocycles. The fourth-order valence-corrected chi connectivity index (χ4v) is 5.26. The zero-order chi connectivity index (χ0) is 29.5. The fraction of sp³-hybridized carbons (Fsp3) is 0.500. The molecule has 2 aromatic rings. The van der Waals surface area contributed by atoms with Crippen molar-refractivity contribution in [3.05, 3.63) is 53.8 Å². The van der Waals surface area contributed by atoms with Crippen LogP contribution in [-0.2, 0) is 0 Å². The summed E-state index contributed by atoms with van der Waals surface area (Å²) in [7, 11) is 1.62. The number of halogens is 1. The molecule has 0 spiro atoms. The number of rotatable bonds is 7. The molecule has 2 aliphatic rings. The smallest absolute Gasteiger partial charge is 0.321 e. The van der Waals surface area contributed by atoms with Crippen LogP contribution >= 0.6 is 0 Å². The molecular formula is C30H40FN5O5. The highest BCUT2D eigenvalue weighted by Crippen LogP contribution is 2.35. The highest BCUT2D eigenvalue weighted by Gasteiger charge is 2.35. The number of urea groups is 2. The van der Waals surface area contributed by atoms with E-state index in [9.17, 15) is 23.9 Å². The van der Waals surface area contributed by atoms with Crippen molar-refractivity contribution < 1.29 is 28.6 Å². The molecule has 0 unspecified atom stereocenters. The molecule has 1 aliphatic carbocycles. The Bertz CT molecular complexity index is 1220. The third kappa shape index (κ3) is 7.66. The molecule has 4 rings (SSSR count). The van der Waals surface area contributed by atoms with E-state index in [4.69, 9.17) is 4.74 Å². The second kappa shape index (κ2) is 13.7. The maximum Gasteiger partial charge on any atom is 0.321 e.